The number of hydrogen-bond acceptors (Lipinski definition) is 6. The van der Waals surface area contributed by atoms with Crippen LogP contribution in [0, 0.1) is 0 Å². The highest BCUT2D eigenvalue weighted by Gasteiger charge is 2.12. The lowest BCUT2D eigenvalue weighted by Crippen LogP contribution is -2.34. The number of hydrogen-bond donors (Lipinski definition) is 2. The van der Waals surface area contributed by atoms with Crippen LogP contribution in [-0.2, 0) is 9.59 Å². The van der Waals surface area contributed by atoms with E-state index in [4.69, 9.17) is 9.47 Å². The van der Waals surface area contributed by atoms with Gasteiger partial charge in [-0.25, -0.2) is 10.2 Å². The van der Waals surface area contributed by atoms with Crippen molar-refractivity contribution in [2.75, 3.05) is 13.7 Å². The monoisotopic (exact) mass is 559 g/mol. The fraction of sp³-hybridized carbons (Fsp3) is 0.407. The second-order valence-electron chi connectivity index (χ2n) is 8.24. The molecule has 2 rings (SSSR count). The van der Waals surface area contributed by atoms with Crippen molar-refractivity contribution in [3.8, 4) is 11.5 Å². The zero-order valence-electron chi connectivity index (χ0n) is 20.8. The van der Waals surface area contributed by atoms with Crippen LogP contribution >= 0.6 is 15.9 Å². The van der Waals surface area contributed by atoms with Crippen molar-refractivity contribution in [3.63, 3.8) is 0 Å². The molecule has 0 unspecified atom stereocenters. The topological polar surface area (TPSA) is 106 Å². The minimum absolute atomic E-state index is 0.151. The van der Waals surface area contributed by atoms with Crippen LogP contribution in [0.3, 0.4) is 0 Å². The zero-order valence-corrected chi connectivity index (χ0v) is 22.4. The minimum Gasteiger partial charge on any atom is -0.497 e. The summed E-state index contributed by atoms with van der Waals surface area (Å²) in [7, 11) is 1.55. The molecule has 2 aromatic rings. The number of unbranched alkanes of at least 4 members (excludes halogenated alkanes) is 6. The second-order valence-corrected chi connectivity index (χ2v) is 9.16. The number of rotatable bonds is 15. The SMILES string of the molecule is CCCCCCCCCC(=O)NCC(=O)NN=Cc1cc(Br)ccc1OC(=O)c1ccc(OC)cc1. The van der Waals surface area contributed by atoms with E-state index >= 15 is 0 Å². The first-order valence-corrected chi connectivity index (χ1v) is 13.0. The quantitative estimate of drug-likeness (QED) is 0.100. The van der Waals surface area contributed by atoms with Gasteiger partial charge in [-0.15, -0.1) is 0 Å². The number of benzene rings is 2. The number of amides is 2. The number of halogens is 1. The molecule has 2 N–H and O–H groups in total. The highest BCUT2D eigenvalue weighted by molar-refractivity contribution is 9.10. The first-order chi connectivity index (χ1) is 17.4. The lowest BCUT2D eigenvalue weighted by molar-refractivity contribution is -0.126. The summed E-state index contributed by atoms with van der Waals surface area (Å²) in [4.78, 5) is 36.5. The number of carbonyl (C=O) groups excluding carboxylic acids is 3. The van der Waals surface area contributed by atoms with E-state index in [0.29, 0.717) is 23.3 Å². The van der Waals surface area contributed by atoms with E-state index < -0.39 is 11.9 Å². The zero-order chi connectivity index (χ0) is 26.2. The predicted molar refractivity (Wildman–Crippen MR) is 143 cm³/mol. The van der Waals surface area contributed by atoms with Crippen LogP contribution in [0.2, 0.25) is 0 Å². The first-order valence-electron chi connectivity index (χ1n) is 12.2. The smallest absolute Gasteiger partial charge is 0.343 e. The number of hydrazone groups is 1. The average molecular weight is 560 g/mol. The van der Waals surface area contributed by atoms with E-state index in [1.54, 1.807) is 49.6 Å². The molecular weight excluding hydrogens is 526 g/mol. The number of nitrogens with one attached hydrogen (secondary N) is 2. The Morgan fingerprint density at radius 2 is 1.64 bits per heavy atom. The Morgan fingerprint density at radius 1 is 0.944 bits per heavy atom. The summed E-state index contributed by atoms with van der Waals surface area (Å²) >= 11 is 3.38. The molecule has 0 aromatic heterocycles. The molecule has 194 valence electrons. The van der Waals surface area contributed by atoms with E-state index in [0.717, 1.165) is 23.7 Å². The van der Waals surface area contributed by atoms with Gasteiger partial charge in [-0.2, -0.15) is 5.10 Å². The Bertz CT molecular complexity index is 1020. The predicted octanol–water partition coefficient (Wildman–Crippen LogP) is 5.38. The maximum Gasteiger partial charge on any atom is 0.343 e. The summed E-state index contributed by atoms with van der Waals surface area (Å²) in [6, 6.07) is 11.6. The molecule has 0 fully saturated rings. The fourth-order valence-electron chi connectivity index (χ4n) is 3.32. The molecule has 0 saturated carbocycles. The Balaban J connectivity index is 1.79. The van der Waals surface area contributed by atoms with E-state index in [9.17, 15) is 14.4 Å². The number of nitrogens with zero attached hydrogens (tertiary/aromatic N) is 1. The van der Waals surface area contributed by atoms with E-state index in [2.05, 4.69) is 38.7 Å². The largest absolute Gasteiger partial charge is 0.497 e. The van der Waals surface area contributed by atoms with Crippen LogP contribution in [0.1, 0.15) is 74.2 Å². The summed E-state index contributed by atoms with van der Waals surface area (Å²) in [5.41, 5.74) is 3.22. The van der Waals surface area contributed by atoms with Gasteiger partial charge in [0.05, 0.1) is 25.4 Å². The molecule has 0 aliphatic carbocycles. The molecule has 0 heterocycles. The Morgan fingerprint density at radius 3 is 2.33 bits per heavy atom. The van der Waals surface area contributed by atoms with Crippen molar-refractivity contribution in [1.29, 1.82) is 0 Å². The molecule has 36 heavy (non-hydrogen) atoms. The summed E-state index contributed by atoms with van der Waals surface area (Å²) < 4.78 is 11.4. The van der Waals surface area contributed by atoms with Gasteiger partial charge < -0.3 is 14.8 Å². The third kappa shape index (κ3) is 11.0. The fourth-order valence-corrected chi connectivity index (χ4v) is 3.70. The summed E-state index contributed by atoms with van der Waals surface area (Å²) in [6.07, 6.45) is 9.68. The van der Waals surface area contributed by atoms with Gasteiger partial charge in [-0.05, 0) is 48.9 Å². The van der Waals surface area contributed by atoms with Crippen molar-refractivity contribution >= 4 is 39.9 Å². The number of esters is 1. The summed E-state index contributed by atoms with van der Waals surface area (Å²) in [5, 5.41) is 6.53. The molecule has 0 bridgehead atoms. The van der Waals surface area contributed by atoms with Crippen LogP contribution in [0.5, 0.6) is 11.5 Å². The van der Waals surface area contributed by atoms with Crippen molar-refractivity contribution < 1.29 is 23.9 Å². The van der Waals surface area contributed by atoms with Gasteiger partial charge in [0, 0.05) is 16.5 Å². The molecule has 0 aliphatic rings. The Labute approximate surface area is 221 Å². The normalized spacial score (nSPS) is 10.8. The highest BCUT2D eigenvalue weighted by atomic mass is 79.9. The van der Waals surface area contributed by atoms with Crippen LogP contribution < -0.4 is 20.2 Å². The molecule has 0 atom stereocenters. The summed E-state index contributed by atoms with van der Waals surface area (Å²) in [5.74, 6) is -0.233. The third-order valence-corrected chi connectivity index (χ3v) is 5.84. The van der Waals surface area contributed by atoms with Crippen LogP contribution in [0.15, 0.2) is 52.0 Å². The van der Waals surface area contributed by atoms with Gasteiger partial charge in [0.15, 0.2) is 0 Å². The molecule has 8 nitrogen and oxygen atoms in total. The first kappa shape index (κ1) is 29.0. The van der Waals surface area contributed by atoms with Crippen molar-refractivity contribution in [1.82, 2.24) is 10.7 Å². The van der Waals surface area contributed by atoms with Crippen LogP contribution in [0.4, 0.5) is 0 Å². The van der Waals surface area contributed by atoms with E-state index in [1.165, 1.54) is 31.9 Å². The van der Waals surface area contributed by atoms with E-state index in [1.807, 2.05) is 0 Å². The van der Waals surface area contributed by atoms with Crippen LogP contribution in [-0.4, -0.2) is 37.7 Å². The Kier molecular flexibility index (Phi) is 13.3. The van der Waals surface area contributed by atoms with Gasteiger partial charge in [0.25, 0.3) is 5.91 Å². The number of carbonyl (C=O) groups is 3. The van der Waals surface area contributed by atoms with Gasteiger partial charge >= 0.3 is 5.97 Å². The van der Waals surface area contributed by atoms with Crippen molar-refractivity contribution in [3.05, 3.63) is 58.1 Å². The van der Waals surface area contributed by atoms with Gasteiger partial charge in [0.1, 0.15) is 11.5 Å². The molecule has 9 heteroatoms. The van der Waals surface area contributed by atoms with E-state index in [-0.39, 0.29) is 18.2 Å². The molecule has 0 saturated heterocycles. The molecule has 2 amide bonds. The minimum atomic E-state index is -0.540. The standard InChI is InChI=1S/C27H34BrN3O5/c1-3-4-5-6-7-8-9-10-25(32)29-19-26(33)31-30-18-21-17-22(28)13-16-24(21)36-27(34)20-11-14-23(35-2)15-12-20/h11-18H,3-10,19H2,1-2H3,(H,29,32)(H,31,33). The molecule has 0 aliphatic heterocycles. The number of ether oxygens (including phenoxy) is 2. The van der Waals surface area contributed by atoms with Gasteiger partial charge in [0.2, 0.25) is 5.91 Å². The Hall–Kier alpha value is -3.20. The van der Waals surface area contributed by atoms with Gasteiger partial charge in [-0.1, -0.05) is 61.4 Å². The summed E-state index contributed by atoms with van der Waals surface area (Å²) in [6.45, 7) is 2.02. The molecular formula is C27H34BrN3O5. The molecule has 0 radical (unpaired) electrons. The second kappa shape index (κ2) is 16.5. The maximum atomic E-state index is 12.5. The van der Waals surface area contributed by atoms with Crippen molar-refractivity contribution in [2.45, 2.75) is 58.3 Å². The molecule has 2 aromatic carbocycles. The van der Waals surface area contributed by atoms with Crippen molar-refractivity contribution in [2.24, 2.45) is 5.10 Å². The maximum absolute atomic E-state index is 12.5. The molecule has 0 spiro atoms. The third-order valence-electron chi connectivity index (χ3n) is 5.35. The number of methoxy groups -OCH3 is 1. The van der Waals surface area contributed by atoms with Gasteiger partial charge in [-0.3, -0.25) is 9.59 Å². The lowest BCUT2D eigenvalue weighted by atomic mass is 10.1. The lowest BCUT2D eigenvalue weighted by Gasteiger charge is -2.09. The highest BCUT2D eigenvalue weighted by Crippen LogP contribution is 2.23. The average Bonchev–Trinajstić information content (AvgIpc) is 2.88. The van der Waals surface area contributed by atoms with Crippen LogP contribution in [0.25, 0.3) is 0 Å².